The number of hydrogen-bond acceptors (Lipinski definition) is 8. The van der Waals surface area contributed by atoms with Gasteiger partial charge < -0.3 is 19.3 Å². The molecule has 0 aromatic carbocycles. The molecule has 0 aliphatic carbocycles. The lowest BCUT2D eigenvalue weighted by atomic mass is 10.3. The van der Waals surface area contributed by atoms with Crippen LogP contribution in [-0.2, 0) is 16.6 Å². The summed E-state index contributed by atoms with van der Waals surface area (Å²) in [6.45, 7) is 10.4. The molecule has 0 bridgehead atoms. The average Bonchev–Trinajstić information content (AvgIpc) is 3.16. The average molecular weight is 435 g/mol. The molecule has 0 N–H and O–H groups in total. The molecule has 30 heavy (non-hydrogen) atoms. The predicted molar refractivity (Wildman–Crippen MR) is 115 cm³/mol. The Morgan fingerprint density at radius 1 is 0.900 bits per heavy atom. The predicted octanol–water partition coefficient (Wildman–Crippen LogP) is 0.264. The lowest BCUT2D eigenvalue weighted by Crippen LogP contribution is -2.49. The molecule has 0 saturated carbocycles. The van der Waals surface area contributed by atoms with Gasteiger partial charge in [0.15, 0.2) is 16.7 Å². The molecule has 2 aliphatic heterocycles. The van der Waals surface area contributed by atoms with Crippen molar-refractivity contribution < 1.29 is 8.42 Å². The Labute approximate surface area is 178 Å². The molecule has 4 heterocycles. The fourth-order valence-corrected chi connectivity index (χ4v) is 5.32. The molecule has 4 rings (SSSR count). The fraction of sp³-hybridized carbons (Fsp3) is 0.632. The van der Waals surface area contributed by atoms with Crippen LogP contribution < -0.4 is 9.80 Å². The number of aryl methyl sites for hydroxylation is 2. The number of hydrogen-bond donors (Lipinski definition) is 0. The quantitative estimate of drug-likeness (QED) is 0.662. The van der Waals surface area contributed by atoms with E-state index in [4.69, 9.17) is 0 Å². The van der Waals surface area contributed by atoms with Gasteiger partial charge in [0.05, 0.1) is 0 Å². The standard InChI is InChI=1S/C19H30N8O2S/c1-4-24-15-19(20-16(24)2)30(28,29)27-13-11-26(12-14-27)18-6-5-17(21-22-18)25-9-7-23(3)8-10-25/h5-6,15H,4,7-14H2,1-3H3. The van der Waals surface area contributed by atoms with Crippen LogP contribution in [0.1, 0.15) is 12.7 Å². The second-order valence-electron chi connectivity index (χ2n) is 7.84. The topological polar surface area (TPSA) is 90.7 Å². The van der Waals surface area contributed by atoms with Crippen LogP contribution >= 0.6 is 0 Å². The Bertz CT molecular complexity index is 959. The molecule has 2 aliphatic rings. The first-order chi connectivity index (χ1) is 14.4. The largest absolute Gasteiger partial charge is 0.353 e. The van der Waals surface area contributed by atoms with Crippen LogP contribution in [0, 0.1) is 6.92 Å². The third-order valence-electron chi connectivity index (χ3n) is 5.93. The van der Waals surface area contributed by atoms with E-state index >= 15 is 0 Å². The molecule has 2 aromatic heterocycles. The SMILES string of the molecule is CCn1cc(S(=O)(=O)N2CCN(c3ccc(N4CCN(C)CC4)nn3)CC2)nc1C. The number of rotatable bonds is 5. The van der Waals surface area contributed by atoms with Gasteiger partial charge in [-0.1, -0.05) is 0 Å². The van der Waals surface area contributed by atoms with Crippen molar-refractivity contribution in [2.75, 3.05) is 69.2 Å². The summed E-state index contributed by atoms with van der Waals surface area (Å²) < 4.78 is 29.3. The van der Waals surface area contributed by atoms with Crippen molar-refractivity contribution in [2.45, 2.75) is 25.4 Å². The summed E-state index contributed by atoms with van der Waals surface area (Å²) in [4.78, 5) is 10.9. The summed E-state index contributed by atoms with van der Waals surface area (Å²) >= 11 is 0. The highest BCUT2D eigenvalue weighted by molar-refractivity contribution is 7.89. The summed E-state index contributed by atoms with van der Waals surface area (Å²) in [6.07, 6.45) is 1.62. The minimum Gasteiger partial charge on any atom is -0.353 e. The molecular formula is C19H30N8O2S. The van der Waals surface area contributed by atoms with Crippen molar-refractivity contribution in [3.8, 4) is 0 Å². The lowest BCUT2D eigenvalue weighted by molar-refractivity contribution is 0.312. The van der Waals surface area contributed by atoms with Gasteiger partial charge in [-0.2, -0.15) is 4.31 Å². The van der Waals surface area contributed by atoms with Gasteiger partial charge in [0.25, 0.3) is 10.0 Å². The van der Waals surface area contributed by atoms with E-state index in [1.54, 1.807) is 6.20 Å². The monoisotopic (exact) mass is 434 g/mol. The van der Waals surface area contributed by atoms with Crippen LogP contribution in [0.5, 0.6) is 0 Å². The lowest BCUT2D eigenvalue weighted by Gasteiger charge is -2.35. The maximum absolute atomic E-state index is 12.9. The van der Waals surface area contributed by atoms with E-state index in [0.29, 0.717) is 38.5 Å². The van der Waals surface area contributed by atoms with Gasteiger partial charge in [0.1, 0.15) is 5.82 Å². The van der Waals surface area contributed by atoms with Crippen molar-refractivity contribution in [3.05, 3.63) is 24.2 Å². The Balaban J connectivity index is 1.38. The molecule has 10 nitrogen and oxygen atoms in total. The molecular weight excluding hydrogens is 404 g/mol. The molecule has 2 saturated heterocycles. The third-order valence-corrected chi connectivity index (χ3v) is 7.70. The van der Waals surface area contributed by atoms with Gasteiger partial charge in [-0.05, 0) is 33.0 Å². The van der Waals surface area contributed by atoms with Gasteiger partial charge in [-0.25, -0.2) is 13.4 Å². The highest BCUT2D eigenvalue weighted by atomic mass is 32.2. The van der Waals surface area contributed by atoms with Crippen molar-refractivity contribution >= 4 is 21.7 Å². The zero-order valence-corrected chi connectivity index (χ0v) is 18.7. The zero-order chi connectivity index (χ0) is 21.3. The minimum atomic E-state index is -3.58. The van der Waals surface area contributed by atoms with Gasteiger partial charge in [-0.3, -0.25) is 0 Å². The number of piperazine rings is 2. The molecule has 11 heteroatoms. The van der Waals surface area contributed by atoms with Crippen molar-refractivity contribution in [1.82, 2.24) is 29.0 Å². The molecule has 0 amide bonds. The minimum absolute atomic E-state index is 0.131. The van der Waals surface area contributed by atoms with Gasteiger partial charge in [-0.15, -0.1) is 10.2 Å². The van der Waals surface area contributed by atoms with E-state index in [-0.39, 0.29) is 5.03 Å². The van der Waals surface area contributed by atoms with Gasteiger partial charge in [0, 0.05) is 65.1 Å². The molecule has 164 valence electrons. The molecule has 0 unspecified atom stereocenters. The summed E-state index contributed by atoms with van der Waals surface area (Å²) in [7, 11) is -1.45. The van der Waals surface area contributed by atoms with Crippen molar-refractivity contribution in [3.63, 3.8) is 0 Å². The van der Waals surface area contributed by atoms with Crippen molar-refractivity contribution in [2.24, 2.45) is 0 Å². The second kappa shape index (κ2) is 8.48. The molecule has 0 atom stereocenters. The normalized spacial score (nSPS) is 19.4. The maximum Gasteiger partial charge on any atom is 0.262 e. The van der Waals surface area contributed by atoms with Gasteiger partial charge in [0.2, 0.25) is 0 Å². The summed E-state index contributed by atoms with van der Waals surface area (Å²) in [5.41, 5.74) is 0. The van der Waals surface area contributed by atoms with E-state index in [2.05, 4.69) is 36.9 Å². The fourth-order valence-electron chi connectivity index (χ4n) is 3.90. The summed E-state index contributed by atoms with van der Waals surface area (Å²) in [5.74, 6) is 2.40. The zero-order valence-electron chi connectivity index (χ0n) is 17.9. The van der Waals surface area contributed by atoms with E-state index < -0.39 is 10.0 Å². The van der Waals surface area contributed by atoms with E-state index in [1.807, 2.05) is 30.5 Å². The highest BCUT2D eigenvalue weighted by Crippen LogP contribution is 2.21. The Kier molecular flexibility index (Phi) is 5.94. The summed E-state index contributed by atoms with van der Waals surface area (Å²) in [5, 5.41) is 8.95. The van der Waals surface area contributed by atoms with Crippen molar-refractivity contribution in [1.29, 1.82) is 0 Å². The van der Waals surface area contributed by atoms with Crippen LogP contribution in [0.15, 0.2) is 23.4 Å². The number of nitrogens with zero attached hydrogens (tertiary/aromatic N) is 8. The van der Waals surface area contributed by atoms with Crippen LogP contribution in [0.4, 0.5) is 11.6 Å². The number of sulfonamides is 1. The Hall–Kier alpha value is -2.24. The smallest absolute Gasteiger partial charge is 0.262 e. The third kappa shape index (κ3) is 4.14. The van der Waals surface area contributed by atoms with E-state index in [9.17, 15) is 8.42 Å². The molecule has 0 spiro atoms. The number of likely N-dealkylation sites (N-methyl/N-ethyl adjacent to an activating group) is 1. The van der Waals surface area contributed by atoms with E-state index in [1.165, 1.54) is 4.31 Å². The molecule has 0 radical (unpaired) electrons. The first-order valence-corrected chi connectivity index (χ1v) is 11.9. The van der Waals surface area contributed by atoms with Crippen LogP contribution in [-0.4, -0.2) is 96.8 Å². The first kappa shape index (κ1) is 21.0. The number of aromatic nitrogens is 4. The number of anilines is 2. The van der Waals surface area contributed by atoms with Crippen LogP contribution in [0.25, 0.3) is 0 Å². The molecule has 2 aromatic rings. The van der Waals surface area contributed by atoms with Gasteiger partial charge >= 0.3 is 0 Å². The Morgan fingerprint density at radius 2 is 1.43 bits per heavy atom. The summed E-state index contributed by atoms with van der Waals surface area (Å²) in [6, 6.07) is 3.99. The van der Waals surface area contributed by atoms with Crippen LogP contribution in [0.2, 0.25) is 0 Å². The Morgan fingerprint density at radius 3 is 1.90 bits per heavy atom. The molecule has 2 fully saturated rings. The van der Waals surface area contributed by atoms with E-state index in [0.717, 1.165) is 37.8 Å². The second-order valence-corrected chi connectivity index (χ2v) is 9.73. The number of imidazole rings is 1. The highest BCUT2D eigenvalue weighted by Gasteiger charge is 2.31. The van der Waals surface area contributed by atoms with Crippen LogP contribution in [0.3, 0.4) is 0 Å². The first-order valence-electron chi connectivity index (χ1n) is 10.4. The maximum atomic E-state index is 12.9.